The van der Waals surface area contributed by atoms with Gasteiger partial charge in [0.1, 0.15) is 18.0 Å². The maximum absolute atomic E-state index is 14.0. The Hall–Kier alpha value is -6.21. The summed E-state index contributed by atoms with van der Waals surface area (Å²) in [6.07, 6.45) is -1.48. The summed E-state index contributed by atoms with van der Waals surface area (Å²) in [5.74, 6) is -1.30. The van der Waals surface area contributed by atoms with E-state index >= 15 is 0 Å². The molecule has 55 heavy (non-hydrogen) atoms. The summed E-state index contributed by atoms with van der Waals surface area (Å²) >= 11 is 0. The van der Waals surface area contributed by atoms with E-state index in [9.17, 15) is 19.2 Å². The van der Waals surface area contributed by atoms with Gasteiger partial charge in [-0.25, -0.2) is 14.4 Å². The molecule has 0 saturated heterocycles. The average molecular weight is 748 g/mol. The van der Waals surface area contributed by atoms with Gasteiger partial charge in [0.15, 0.2) is 12.1 Å². The van der Waals surface area contributed by atoms with Crippen LogP contribution in [0.1, 0.15) is 76.3 Å². The van der Waals surface area contributed by atoms with Crippen molar-refractivity contribution in [2.45, 2.75) is 58.0 Å². The summed E-state index contributed by atoms with van der Waals surface area (Å²) < 4.78 is 17.5. The van der Waals surface area contributed by atoms with Gasteiger partial charge in [-0.15, -0.1) is 5.06 Å². The van der Waals surface area contributed by atoms with Gasteiger partial charge in [0.25, 0.3) is 11.8 Å². The molecule has 13 nitrogen and oxygen atoms in total. The topological polar surface area (TPSA) is 162 Å². The molecule has 2 aliphatic rings. The van der Waals surface area contributed by atoms with E-state index in [-0.39, 0.29) is 17.7 Å². The highest BCUT2D eigenvalue weighted by Crippen LogP contribution is 2.29. The highest BCUT2D eigenvalue weighted by molar-refractivity contribution is 6.20. The number of esters is 1. The first-order valence-corrected chi connectivity index (χ1v) is 18.2. The monoisotopic (exact) mass is 747 g/mol. The van der Waals surface area contributed by atoms with Crippen molar-refractivity contribution in [1.29, 1.82) is 0 Å². The van der Waals surface area contributed by atoms with E-state index in [0.29, 0.717) is 55.8 Å². The summed E-state index contributed by atoms with van der Waals surface area (Å²) in [4.78, 5) is 64.7. The second-order valence-electron chi connectivity index (χ2n) is 14.1. The second-order valence-corrected chi connectivity index (χ2v) is 14.1. The standard InChI is InChI=1S/C42H45N5O8/c1-42(2,3)54-41(51)45-23-12-22-44-40(43)46-24-21-30-25-32(20-19-31(30)26-46)52-27-35(55-47-37(48)33-17-10-11-18-34(33)38(47)49)39(50)53-36(28-13-6-4-7-14-28)29-15-8-5-9-16-29/h4-11,13-20,25,35-36H,12,21-24,26-27H2,1-3H3,(H2,43,44)(H,45,51)/t35-/m0/s1. The molecule has 0 spiro atoms. The van der Waals surface area contributed by atoms with Gasteiger partial charge in [-0.3, -0.25) is 14.6 Å². The molecule has 2 aliphatic heterocycles. The van der Waals surface area contributed by atoms with Crippen molar-refractivity contribution < 1.29 is 38.2 Å². The predicted molar refractivity (Wildman–Crippen MR) is 204 cm³/mol. The Kier molecular flexibility index (Phi) is 12.1. The van der Waals surface area contributed by atoms with Crippen LogP contribution >= 0.6 is 0 Å². The van der Waals surface area contributed by atoms with Gasteiger partial charge in [0.2, 0.25) is 6.10 Å². The lowest BCUT2D eigenvalue weighted by molar-refractivity contribution is -0.187. The number of hydrogen-bond acceptors (Lipinski definition) is 9. The Morgan fingerprint density at radius 3 is 2.09 bits per heavy atom. The van der Waals surface area contributed by atoms with Crippen molar-refractivity contribution >= 4 is 29.8 Å². The third-order valence-electron chi connectivity index (χ3n) is 8.88. The Morgan fingerprint density at radius 1 is 0.855 bits per heavy atom. The minimum Gasteiger partial charge on any atom is -0.490 e. The zero-order chi connectivity index (χ0) is 39.0. The molecule has 2 heterocycles. The van der Waals surface area contributed by atoms with E-state index in [1.807, 2.05) is 98.5 Å². The van der Waals surface area contributed by atoms with Crippen LogP contribution in [0.25, 0.3) is 0 Å². The number of nitrogens with zero attached hydrogens (tertiary/aromatic N) is 3. The molecule has 0 unspecified atom stereocenters. The Balaban J connectivity index is 1.12. The third kappa shape index (κ3) is 9.86. The van der Waals surface area contributed by atoms with E-state index in [2.05, 4.69) is 10.3 Å². The summed E-state index contributed by atoms with van der Waals surface area (Å²) in [6.45, 7) is 7.11. The zero-order valence-electron chi connectivity index (χ0n) is 31.1. The fraction of sp³-hybridized carbons (Fsp3) is 0.310. The minimum absolute atomic E-state index is 0.177. The highest BCUT2D eigenvalue weighted by atomic mass is 16.7. The SMILES string of the molecule is CC(C)(C)OC(=O)NCCCN=C(N)N1CCc2cc(OC[C@H](ON3C(=O)c4ccccc4C3=O)C(=O)OC(c3ccccc3)c3ccccc3)ccc2C1. The van der Waals surface area contributed by atoms with E-state index < -0.39 is 41.7 Å². The van der Waals surface area contributed by atoms with E-state index in [1.165, 1.54) is 12.1 Å². The Bertz CT molecular complexity index is 1960. The quantitative estimate of drug-likeness (QED) is 0.0581. The molecule has 0 saturated carbocycles. The first kappa shape index (κ1) is 38.5. The Labute approximate surface area is 320 Å². The fourth-order valence-corrected chi connectivity index (χ4v) is 6.17. The number of imide groups is 1. The number of amides is 3. The number of rotatable bonds is 13. The van der Waals surface area contributed by atoms with Crippen LogP contribution in [0, 0.1) is 0 Å². The first-order valence-electron chi connectivity index (χ1n) is 18.2. The van der Waals surface area contributed by atoms with Crippen molar-refractivity contribution in [2.75, 3.05) is 26.2 Å². The number of hydroxylamine groups is 2. The van der Waals surface area contributed by atoms with Gasteiger partial charge >= 0.3 is 12.1 Å². The summed E-state index contributed by atoms with van der Waals surface area (Å²) in [6, 6.07) is 30.5. The normalized spacial score (nSPS) is 14.7. The fourth-order valence-electron chi connectivity index (χ4n) is 6.17. The lowest BCUT2D eigenvalue weighted by atomic mass is 9.99. The van der Waals surface area contributed by atoms with Crippen molar-refractivity contribution in [3.8, 4) is 5.75 Å². The third-order valence-corrected chi connectivity index (χ3v) is 8.88. The number of nitrogens with one attached hydrogen (secondary N) is 1. The van der Waals surface area contributed by atoms with Crippen LogP contribution in [-0.2, 0) is 32.1 Å². The van der Waals surface area contributed by atoms with Crippen LogP contribution in [0.5, 0.6) is 5.75 Å². The van der Waals surface area contributed by atoms with Crippen molar-refractivity contribution in [2.24, 2.45) is 10.7 Å². The van der Waals surface area contributed by atoms with Crippen LogP contribution in [0.2, 0.25) is 0 Å². The summed E-state index contributed by atoms with van der Waals surface area (Å²) in [5.41, 5.74) is 9.65. The molecule has 3 N–H and O–H groups in total. The van der Waals surface area contributed by atoms with Crippen LogP contribution in [0.3, 0.4) is 0 Å². The molecule has 6 rings (SSSR count). The van der Waals surface area contributed by atoms with Crippen LogP contribution in [0.4, 0.5) is 4.79 Å². The minimum atomic E-state index is -1.49. The maximum atomic E-state index is 14.0. The van der Waals surface area contributed by atoms with E-state index in [4.69, 9.17) is 24.8 Å². The number of carbonyl (C=O) groups excluding carboxylic acids is 4. The summed E-state index contributed by atoms with van der Waals surface area (Å²) in [7, 11) is 0. The van der Waals surface area contributed by atoms with E-state index in [0.717, 1.165) is 22.3 Å². The number of nitrogens with two attached hydrogens (primary N) is 1. The summed E-state index contributed by atoms with van der Waals surface area (Å²) in [5, 5.41) is 3.32. The number of alkyl carbamates (subject to hydrolysis) is 1. The van der Waals surface area contributed by atoms with Gasteiger partial charge in [-0.2, -0.15) is 0 Å². The molecular formula is C42H45N5O8. The smallest absolute Gasteiger partial charge is 0.407 e. The first-order chi connectivity index (χ1) is 26.5. The van der Waals surface area contributed by atoms with Crippen molar-refractivity contribution in [3.63, 3.8) is 0 Å². The molecule has 0 aliphatic carbocycles. The highest BCUT2D eigenvalue weighted by Gasteiger charge is 2.41. The van der Waals surface area contributed by atoms with Gasteiger partial charge in [-0.1, -0.05) is 78.9 Å². The lowest BCUT2D eigenvalue weighted by Gasteiger charge is -2.30. The number of carbonyl (C=O) groups is 4. The van der Waals surface area contributed by atoms with Crippen molar-refractivity contribution in [1.82, 2.24) is 15.3 Å². The molecular weight excluding hydrogens is 702 g/mol. The predicted octanol–water partition coefficient (Wildman–Crippen LogP) is 5.58. The molecule has 0 bridgehead atoms. The number of hydrogen-bond donors (Lipinski definition) is 2. The van der Waals surface area contributed by atoms with Gasteiger partial charge in [0, 0.05) is 26.2 Å². The molecule has 0 fully saturated rings. The second kappa shape index (κ2) is 17.3. The van der Waals surface area contributed by atoms with Gasteiger partial charge in [0.05, 0.1) is 11.1 Å². The van der Waals surface area contributed by atoms with Gasteiger partial charge < -0.3 is 30.2 Å². The number of aliphatic imine (C=N–C) groups is 1. The number of fused-ring (bicyclic) bond motifs is 2. The van der Waals surface area contributed by atoms with Crippen LogP contribution in [0.15, 0.2) is 108 Å². The molecule has 1 atom stereocenters. The van der Waals surface area contributed by atoms with Crippen LogP contribution < -0.4 is 15.8 Å². The molecule has 4 aromatic rings. The average Bonchev–Trinajstić information content (AvgIpc) is 3.42. The zero-order valence-corrected chi connectivity index (χ0v) is 31.1. The van der Waals surface area contributed by atoms with Crippen molar-refractivity contribution in [3.05, 3.63) is 137 Å². The Morgan fingerprint density at radius 2 is 1.47 bits per heavy atom. The molecule has 13 heteroatoms. The molecule has 4 aromatic carbocycles. The molecule has 286 valence electrons. The largest absolute Gasteiger partial charge is 0.490 e. The van der Waals surface area contributed by atoms with E-state index in [1.54, 1.807) is 18.2 Å². The van der Waals surface area contributed by atoms with Gasteiger partial charge in [-0.05, 0) is 80.1 Å². The molecule has 0 aromatic heterocycles. The molecule has 0 radical (unpaired) electrons. The molecule has 3 amide bonds. The maximum Gasteiger partial charge on any atom is 0.407 e. The van der Waals surface area contributed by atoms with Crippen LogP contribution in [-0.4, -0.2) is 77.7 Å². The number of ether oxygens (including phenoxy) is 3. The lowest BCUT2D eigenvalue weighted by Crippen LogP contribution is -2.42. The number of guanidine groups is 1. The number of benzene rings is 4.